The van der Waals surface area contributed by atoms with Crippen LogP contribution in [0.5, 0.6) is 0 Å². The van der Waals surface area contributed by atoms with Crippen molar-refractivity contribution in [1.82, 2.24) is 0 Å². The van der Waals surface area contributed by atoms with Crippen molar-refractivity contribution >= 4 is 81.8 Å². The number of anilines is 4. The van der Waals surface area contributed by atoms with Gasteiger partial charge in [0.1, 0.15) is 0 Å². The van der Waals surface area contributed by atoms with Crippen LogP contribution in [0.25, 0.3) is 10.8 Å². The molecular formula is C28H21IN4O6S2. The highest BCUT2D eigenvalue weighted by atomic mass is 127. The molecule has 41 heavy (non-hydrogen) atoms. The van der Waals surface area contributed by atoms with Crippen LogP contribution in [0.15, 0.2) is 119 Å². The number of nitrogens with one attached hydrogen (secondary N) is 1. The van der Waals surface area contributed by atoms with Crippen LogP contribution in [0.4, 0.5) is 28.4 Å². The van der Waals surface area contributed by atoms with Crippen molar-refractivity contribution in [3.63, 3.8) is 0 Å². The summed E-state index contributed by atoms with van der Waals surface area (Å²) in [5.41, 5.74) is 1.98. The highest BCUT2D eigenvalue weighted by Gasteiger charge is 2.21. The van der Waals surface area contributed by atoms with Gasteiger partial charge in [-0.2, -0.15) is 0 Å². The molecule has 10 nitrogen and oxygen atoms in total. The maximum atomic E-state index is 13.2. The molecule has 0 bridgehead atoms. The van der Waals surface area contributed by atoms with Crippen LogP contribution in [0, 0.1) is 13.7 Å². The van der Waals surface area contributed by atoms with Gasteiger partial charge in [0.2, 0.25) is 10.0 Å². The Morgan fingerprint density at radius 3 is 1.80 bits per heavy atom. The fourth-order valence-electron chi connectivity index (χ4n) is 4.32. The van der Waals surface area contributed by atoms with E-state index in [0.29, 0.717) is 33.5 Å². The Bertz CT molecular complexity index is 1980. The number of fused-ring (bicyclic) bond motifs is 1. The molecule has 0 radical (unpaired) electrons. The first kappa shape index (κ1) is 28.5. The number of rotatable bonds is 8. The van der Waals surface area contributed by atoms with Gasteiger partial charge in [-0.05, 0) is 95.4 Å². The molecule has 0 amide bonds. The average molecular weight is 701 g/mol. The first-order valence-corrected chi connectivity index (χ1v) is 16.0. The molecule has 0 heterocycles. The number of sulfonamides is 2. The van der Waals surface area contributed by atoms with Gasteiger partial charge in [-0.25, -0.2) is 22.0 Å². The summed E-state index contributed by atoms with van der Waals surface area (Å²) in [5, 5.41) is 17.8. The summed E-state index contributed by atoms with van der Waals surface area (Å²) in [7, 11) is -7.82. The van der Waals surface area contributed by atoms with Crippen molar-refractivity contribution < 1.29 is 21.8 Å². The predicted molar refractivity (Wildman–Crippen MR) is 167 cm³/mol. The third-order valence-electron chi connectivity index (χ3n) is 6.25. The van der Waals surface area contributed by atoms with Gasteiger partial charge in [0.05, 0.1) is 26.1 Å². The highest BCUT2D eigenvalue weighted by Crippen LogP contribution is 2.41. The predicted octanol–water partition coefficient (Wildman–Crippen LogP) is 6.27. The monoisotopic (exact) mass is 700 g/mol. The molecule has 5 aromatic rings. The van der Waals surface area contributed by atoms with Crippen molar-refractivity contribution in [2.45, 2.75) is 9.79 Å². The third kappa shape index (κ3) is 6.02. The Kier molecular flexibility index (Phi) is 7.70. The summed E-state index contributed by atoms with van der Waals surface area (Å²) in [6, 6.07) is 28.8. The number of primary sulfonamides is 1. The van der Waals surface area contributed by atoms with Crippen LogP contribution >= 0.6 is 22.6 Å². The lowest BCUT2D eigenvalue weighted by atomic mass is 10.0. The number of halogens is 1. The molecule has 0 fully saturated rings. The SMILES string of the molecule is NS(=O)(=O)c1ccc(N(c2ccc([N+](=O)[O-])cc2)c2ccc(NS(=O)(=O)c3ccc(I)cc3)c3ccccc23)cc1. The van der Waals surface area contributed by atoms with Crippen LogP contribution in [0.3, 0.4) is 0 Å². The minimum atomic E-state index is -3.93. The first-order chi connectivity index (χ1) is 19.4. The number of non-ortho nitro benzene ring substituents is 1. The van der Waals surface area contributed by atoms with Gasteiger partial charge in [0, 0.05) is 37.9 Å². The van der Waals surface area contributed by atoms with Crippen LogP contribution < -0.4 is 14.8 Å². The lowest BCUT2D eigenvalue weighted by Gasteiger charge is -2.27. The standard InChI is InChI=1S/C28H21IN4O6S2/c29-19-5-13-24(14-6-19)41(38,39)31-27-17-18-28(26-4-2-1-3-25(26)27)32(20-7-9-22(10-8-20)33(34)35)21-11-15-23(16-12-21)40(30,36)37/h1-18,31H,(H2,30,36,37). The normalized spacial score (nSPS) is 11.8. The molecule has 0 aromatic heterocycles. The number of benzene rings is 5. The molecule has 5 rings (SSSR count). The van der Waals surface area contributed by atoms with Gasteiger partial charge in [0.25, 0.3) is 15.7 Å². The molecule has 0 atom stereocenters. The molecule has 0 saturated heterocycles. The lowest BCUT2D eigenvalue weighted by molar-refractivity contribution is -0.384. The largest absolute Gasteiger partial charge is 0.310 e. The zero-order valence-electron chi connectivity index (χ0n) is 21.0. The lowest BCUT2D eigenvalue weighted by Crippen LogP contribution is -2.15. The van der Waals surface area contributed by atoms with Crippen LogP contribution in [0.2, 0.25) is 0 Å². The van der Waals surface area contributed by atoms with Gasteiger partial charge in [0.15, 0.2) is 0 Å². The molecule has 3 N–H and O–H groups in total. The van der Waals surface area contributed by atoms with Gasteiger partial charge < -0.3 is 4.90 Å². The second-order valence-electron chi connectivity index (χ2n) is 8.89. The number of nitrogens with two attached hydrogens (primary N) is 1. The zero-order chi connectivity index (χ0) is 29.4. The van der Waals surface area contributed by atoms with Gasteiger partial charge >= 0.3 is 0 Å². The van der Waals surface area contributed by atoms with Gasteiger partial charge in [-0.15, -0.1) is 0 Å². The first-order valence-electron chi connectivity index (χ1n) is 11.9. The number of hydrogen-bond acceptors (Lipinski definition) is 7. The summed E-state index contributed by atoms with van der Waals surface area (Å²) in [6.07, 6.45) is 0. The molecule has 208 valence electrons. The molecule has 13 heteroatoms. The Morgan fingerprint density at radius 1 is 0.707 bits per heavy atom. The Morgan fingerprint density at radius 2 is 1.24 bits per heavy atom. The summed E-state index contributed by atoms with van der Waals surface area (Å²) in [5.74, 6) is 0. The van der Waals surface area contributed by atoms with Crippen LogP contribution in [-0.2, 0) is 20.0 Å². The van der Waals surface area contributed by atoms with E-state index in [1.807, 2.05) is 6.07 Å². The minimum absolute atomic E-state index is 0.0740. The van der Waals surface area contributed by atoms with E-state index in [0.717, 1.165) is 3.57 Å². The topological polar surface area (TPSA) is 153 Å². The second kappa shape index (κ2) is 11.1. The van der Waals surface area contributed by atoms with E-state index in [4.69, 9.17) is 5.14 Å². The molecule has 5 aromatic carbocycles. The summed E-state index contributed by atoms with van der Waals surface area (Å²) in [6.45, 7) is 0. The van der Waals surface area contributed by atoms with Crippen molar-refractivity contribution in [3.05, 3.63) is 123 Å². The molecule has 0 spiro atoms. The van der Waals surface area contributed by atoms with E-state index in [1.165, 1.54) is 36.4 Å². The third-order valence-corrected chi connectivity index (χ3v) is 9.28. The van der Waals surface area contributed by atoms with Crippen molar-refractivity contribution in [2.75, 3.05) is 9.62 Å². The Hall–Kier alpha value is -4.05. The second-order valence-corrected chi connectivity index (χ2v) is 13.4. The van der Waals surface area contributed by atoms with E-state index in [1.54, 1.807) is 71.6 Å². The number of hydrogen-bond donors (Lipinski definition) is 2. The summed E-state index contributed by atoms with van der Waals surface area (Å²) >= 11 is 2.10. The smallest absolute Gasteiger partial charge is 0.269 e. The van der Waals surface area contributed by atoms with Crippen LogP contribution in [0.1, 0.15) is 0 Å². The zero-order valence-corrected chi connectivity index (χ0v) is 24.8. The maximum Gasteiger partial charge on any atom is 0.269 e. The van der Waals surface area contributed by atoms with Gasteiger partial charge in [-0.3, -0.25) is 14.8 Å². The molecular weight excluding hydrogens is 679 g/mol. The minimum Gasteiger partial charge on any atom is -0.310 e. The summed E-state index contributed by atoms with van der Waals surface area (Å²) in [4.78, 5) is 12.6. The average Bonchev–Trinajstić information content (AvgIpc) is 2.94. The fraction of sp³-hybridized carbons (Fsp3) is 0. The summed E-state index contributed by atoms with van der Waals surface area (Å²) < 4.78 is 53.6. The number of nitro groups is 1. The molecule has 0 unspecified atom stereocenters. The Labute approximate surface area is 249 Å². The molecule has 0 saturated carbocycles. The van der Waals surface area contributed by atoms with Crippen molar-refractivity contribution in [1.29, 1.82) is 0 Å². The van der Waals surface area contributed by atoms with E-state index in [9.17, 15) is 26.9 Å². The van der Waals surface area contributed by atoms with E-state index >= 15 is 0 Å². The number of nitrogens with zero attached hydrogens (tertiary/aromatic N) is 2. The molecule has 0 aliphatic rings. The molecule has 0 aliphatic carbocycles. The van der Waals surface area contributed by atoms with Crippen molar-refractivity contribution in [2.24, 2.45) is 5.14 Å². The highest BCUT2D eigenvalue weighted by molar-refractivity contribution is 14.1. The quantitative estimate of drug-likeness (QED) is 0.110. The van der Waals surface area contributed by atoms with Gasteiger partial charge in [-0.1, -0.05) is 24.3 Å². The van der Waals surface area contributed by atoms with Crippen molar-refractivity contribution in [3.8, 4) is 0 Å². The fourth-order valence-corrected chi connectivity index (χ4v) is 6.27. The van der Waals surface area contributed by atoms with E-state index in [2.05, 4.69) is 27.3 Å². The molecule has 0 aliphatic heterocycles. The maximum absolute atomic E-state index is 13.2. The Balaban J connectivity index is 1.66. The van der Waals surface area contributed by atoms with Crippen LogP contribution in [-0.4, -0.2) is 21.8 Å². The van der Waals surface area contributed by atoms with E-state index in [-0.39, 0.29) is 15.5 Å². The number of nitro benzene ring substituents is 1. The van der Waals surface area contributed by atoms with E-state index < -0.39 is 25.0 Å².